The molecule has 92 valence electrons. The summed E-state index contributed by atoms with van der Waals surface area (Å²) in [6.45, 7) is 0.403. The zero-order valence-electron chi connectivity index (χ0n) is 9.43. The highest BCUT2D eigenvalue weighted by Crippen LogP contribution is 2.23. The lowest BCUT2D eigenvalue weighted by Crippen LogP contribution is -2.09. The SMILES string of the molecule is O=CNCc1ccc(-c2ccc(O)c(F)c2)nc1. The van der Waals surface area contributed by atoms with Gasteiger partial charge in [-0.25, -0.2) is 4.39 Å². The first-order valence-corrected chi connectivity index (χ1v) is 5.31. The number of pyridine rings is 1. The summed E-state index contributed by atoms with van der Waals surface area (Å²) in [5.41, 5.74) is 2.04. The summed E-state index contributed by atoms with van der Waals surface area (Å²) in [4.78, 5) is 14.3. The predicted octanol–water partition coefficient (Wildman–Crippen LogP) is 1.84. The van der Waals surface area contributed by atoms with Crippen LogP contribution in [0.3, 0.4) is 0 Å². The van der Waals surface area contributed by atoms with Gasteiger partial charge in [-0.05, 0) is 29.8 Å². The van der Waals surface area contributed by atoms with Gasteiger partial charge in [0.15, 0.2) is 11.6 Å². The highest BCUT2D eigenvalue weighted by molar-refractivity contribution is 5.60. The Bertz CT molecular complexity index is 555. The van der Waals surface area contributed by atoms with Crippen LogP contribution in [0.2, 0.25) is 0 Å². The van der Waals surface area contributed by atoms with E-state index in [1.54, 1.807) is 24.4 Å². The van der Waals surface area contributed by atoms with Gasteiger partial charge in [0.2, 0.25) is 6.41 Å². The van der Waals surface area contributed by atoms with Gasteiger partial charge in [0, 0.05) is 18.3 Å². The minimum Gasteiger partial charge on any atom is -0.505 e. The molecule has 0 fully saturated rings. The van der Waals surface area contributed by atoms with Crippen molar-refractivity contribution in [2.75, 3.05) is 0 Å². The second kappa shape index (κ2) is 5.27. The fourth-order valence-corrected chi connectivity index (χ4v) is 1.53. The van der Waals surface area contributed by atoms with Crippen LogP contribution >= 0.6 is 0 Å². The first-order valence-electron chi connectivity index (χ1n) is 5.31. The lowest BCUT2D eigenvalue weighted by Gasteiger charge is -2.04. The molecule has 1 heterocycles. The van der Waals surface area contributed by atoms with Crippen LogP contribution in [-0.2, 0) is 11.3 Å². The third kappa shape index (κ3) is 2.63. The van der Waals surface area contributed by atoms with E-state index in [0.29, 0.717) is 24.2 Å². The predicted molar refractivity (Wildman–Crippen MR) is 64.2 cm³/mol. The van der Waals surface area contributed by atoms with Crippen molar-refractivity contribution in [3.8, 4) is 17.0 Å². The Kier molecular flexibility index (Phi) is 3.52. The number of nitrogens with one attached hydrogen (secondary N) is 1. The van der Waals surface area contributed by atoms with Crippen LogP contribution in [0.25, 0.3) is 11.3 Å². The summed E-state index contributed by atoms with van der Waals surface area (Å²) in [6, 6.07) is 7.62. The molecule has 2 aromatic rings. The number of aromatic hydroxyl groups is 1. The first kappa shape index (κ1) is 12.0. The van der Waals surface area contributed by atoms with Gasteiger partial charge < -0.3 is 10.4 Å². The number of phenols is 1. The van der Waals surface area contributed by atoms with Gasteiger partial charge in [-0.2, -0.15) is 0 Å². The Morgan fingerprint density at radius 1 is 1.33 bits per heavy atom. The van der Waals surface area contributed by atoms with Gasteiger partial charge in [-0.15, -0.1) is 0 Å². The highest BCUT2D eigenvalue weighted by Gasteiger charge is 2.04. The number of halogens is 1. The van der Waals surface area contributed by atoms with E-state index in [2.05, 4.69) is 10.3 Å². The fraction of sp³-hybridized carbons (Fsp3) is 0.0769. The summed E-state index contributed by atoms with van der Waals surface area (Å²) in [5.74, 6) is -1.06. The number of hydrogen-bond donors (Lipinski definition) is 2. The van der Waals surface area contributed by atoms with Crippen LogP contribution in [0.4, 0.5) is 4.39 Å². The molecule has 0 radical (unpaired) electrons. The molecule has 0 saturated carbocycles. The molecule has 2 N–H and O–H groups in total. The van der Waals surface area contributed by atoms with Gasteiger partial charge in [-0.3, -0.25) is 9.78 Å². The third-order valence-corrected chi connectivity index (χ3v) is 2.46. The highest BCUT2D eigenvalue weighted by atomic mass is 19.1. The molecule has 1 aromatic carbocycles. The van der Waals surface area contributed by atoms with Crippen LogP contribution in [0, 0.1) is 5.82 Å². The summed E-state index contributed by atoms with van der Waals surface area (Å²) >= 11 is 0. The summed E-state index contributed by atoms with van der Waals surface area (Å²) in [7, 11) is 0. The molecule has 0 atom stereocenters. The van der Waals surface area contributed by atoms with E-state index in [0.717, 1.165) is 5.56 Å². The van der Waals surface area contributed by atoms with Gasteiger partial charge >= 0.3 is 0 Å². The van der Waals surface area contributed by atoms with Crippen LogP contribution in [0.5, 0.6) is 5.75 Å². The van der Waals surface area contributed by atoms with Crippen LogP contribution in [-0.4, -0.2) is 16.5 Å². The quantitative estimate of drug-likeness (QED) is 0.809. The summed E-state index contributed by atoms with van der Waals surface area (Å²) < 4.78 is 13.2. The Hall–Kier alpha value is -2.43. The van der Waals surface area contributed by atoms with E-state index in [-0.39, 0.29) is 5.75 Å². The molecule has 0 saturated heterocycles. The van der Waals surface area contributed by atoms with Crippen molar-refractivity contribution in [1.29, 1.82) is 0 Å². The minimum absolute atomic E-state index is 0.384. The molecule has 18 heavy (non-hydrogen) atoms. The van der Waals surface area contributed by atoms with Crippen molar-refractivity contribution in [1.82, 2.24) is 10.3 Å². The molecular formula is C13H11FN2O2. The van der Waals surface area contributed by atoms with E-state index >= 15 is 0 Å². The maximum absolute atomic E-state index is 13.2. The molecule has 2 rings (SSSR count). The second-order valence-electron chi connectivity index (χ2n) is 3.72. The molecule has 4 nitrogen and oxygen atoms in total. The van der Waals surface area contributed by atoms with Crippen LogP contribution < -0.4 is 5.32 Å². The lowest BCUT2D eigenvalue weighted by molar-refractivity contribution is -0.109. The standard InChI is InChI=1S/C13H11FN2O2/c14-11-5-10(2-4-13(11)18)12-3-1-9(7-16-12)6-15-8-17/h1-5,7-8,18H,6H2,(H,15,17). The van der Waals surface area contributed by atoms with Crippen molar-refractivity contribution in [3.63, 3.8) is 0 Å². The molecular weight excluding hydrogens is 235 g/mol. The maximum Gasteiger partial charge on any atom is 0.207 e. The molecule has 1 amide bonds. The molecule has 0 aliphatic rings. The summed E-state index contributed by atoms with van der Waals surface area (Å²) in [6.07, 6.45) is 2.22. The van der Waals surface area contributed by atoms with E-state index in [1.807, 2.05) is 0 Å². The van der Waals surface area contributed by atoms with Gasteiger partial charge in [0.1, 0.15) is 0 Å². The van der Waals surface area contributed by atoms with Crippen molar-refractivity contribution in [2.24, 2.45) is 0 Å². The van der Waals surface area contributed by atoms with Crippen LogP contribution in [0.1, 0.15) is 5.56 Å². The Labute approximate surface area is 103 Å². The van der Waals surface area contributed by atoms with Crippen molar-refractivity contribution in [2.45, 2.75) is 6.54 Å². The average Bonchev–Trinajstić information content (AvgIpc) is 2.40. The van der Waals surface area contributed by atoms with Crippen molar-refractivity contribution >= 4 is 6.41 Å². The van der Waals surface area contributed by atoms with Crippen molar-refractivity contribution < 1.29 is 14.3 Å². The minimum atomic E-state index is -0.680. The number of benzene rings is 1. The van der Waals surface area contributed by atoms with Gasteiger partial charge in [-0.1, -0.05) is 6.07 Å². The number of carbonyl (C=O) groups excluding carboxylic acids is 1. The number of rotatable bonds is 4. The Balaban J connectivity index is 2.22. The molecule has 0 bridgehead atoms. The van der Waals surface area contributed by atoms with Crippen molar-refractivity contribution in [3.05, 3.63) is 47.9 Å². The zero-order chi connectivity index (χ0) is 13.0. The molecule has 0 aliphatic heterocycles. The third-order valence-electron chi connectivity index (χ3n) is 2.46. The van der Waals surface area contributed by atoms with Gasteiger partial charge in [0.25, 0.3) is 0 Å². The van der Waals surface area contributed by atoms with E-state index < -0.39 is 5.82 Å². The Morgan fingerprint density at radius 2 is 2.17 bits per heavy atom. The van der Waals surface area contributed by atoms with E-state index in [4.69, 9.17) is 5.11 Å². The van der Waals surface area contributed by atoms with E-state index in [1.165, 1.54) is 12.1 Å². The summed E-state index contributed by atoms with van der Waals surface area (Å²) in [5, 5.41) is 11.6. The smallest absolute Gasteiger partial charge is 0.207 e. The normalized spacial score (nSPS) is 10.1. The van der Waals surface area contributed by atoms with Crippen LogP contribution in [0.15, 0.2) is 36.5 Å². The number of amides is 1. The number of nitrogens with zero attached hydrogens (tertiary/aromatic N) is 1. The number of phenolic OH excluding ortho intramolecular Hbond substituents is 1. The topological polar surface area (TPSA) is 62.2 Å². The number of aromatic nitrogens is 1. The van der Waals surface area contributed by atoms with Gasteiger partial charge in [0.05, 0.1) is 5.69 Å². The maximum atomic E-state index is 13.2. The molecule has 0 unspecified atom stereocenters. The zero-order valence-corrected chi connectivity index (χ0v) is 9.43. The monoisotopic (exact) mass is 246 g/mol. The molecule has 1 aromatic heterocycles. The molecule has 5 heteroatoms. The average molecular weight is 246 g/mol. The van der Waals surface area contributed by atoms with E-state index in [9.17, 15) is 9.18 Å². The fourth-order valence-electron chi connectivity index (χ4n) is 1.53. The second-order valence-corrected chi connectivity index (χ2v) is 3.72. The largest absolute Gasteiger partial charge is 0.505 e. The Morgan fingerprint density at radius 3 is 2.78 bits per heavy atom. The molecule has 0 aliphatic carbocycles. The lowest BCUT2D eigenvalue weighted by atomic mass is 10.1. The first-order chi connectivity index (χ1) is 8.70. The number of hydrogen-bond acceptors (Lipinski definition) is 3. The number of carbonyl (C=O) groups is 1. The molecule has 0 spiro atoms.